The van der Waals surface area contributed by atoms with Crippen molar-refractivity contribution in [3.05, 3.63) is 65.2 Å². The molecule has 2 aromatic rings. The van der Waals surface area contributed by atoms with Gasteiger partial charge in [-0.15, -0.1) is 0 Å². The number of methoxy groups -OCH3 is 1. The predicted molar refractivity (Wildman–Crippen MR) is 105 cm³/mol. The highest BCUT2D eigenvalue weighted by molar-refractivity contribution is 5.79. The Bertz CT molecular complexity index is 745. The van der Waals surface area contributed by atoms with Crippen molar-refractivity contribution in [3.63, 3.8) is 0 Å². The topological polar surface area (TPSA) is 69.4 Å². The second-order valence-electron chi connectivity index (χ2n) is 6.12. The first-order valence-corrected chi connectivity index (χ1v) is 8.73. The second kappa shape index (κ2) is 10.1. The van der Waals surface area contributed by atoms with E-state index in [1.807, 2.05) is 36.4 Å². The van der Waals surface area contributed by atoms with E-state index < -0.39 is 0 Å². The maximum Gasteiger partial charge on any atom is 0.191 e. The number of guanidine groups is 1. The van der Waals surface area contributed by atoms with Gasteiger partial charge in [0.1, 0.15) is 5.75 Å². The third-order valence-electron chi connectivity index (χ3n) is 4.32. The molecule has 1 atom stereocenters. The molecule has 2 N–H and O–H groups in total. The van der Waals surface area contributed by atoms with E-state index in [1.54, 1.807) is 14.2 Å². The largest absolute Gasteiger partial charge is 0.497 e. The van der Waals surface area contributed by atoms with Gasteiger partial charge in [0.2, 0.25) is 0 Å². The van der Waals surface area contributed by atoms with Crippen LogP contribution in [0, 0.1) is 11.3 Å². The molecule has 0 amide bonds. The molecule has 0 spiro atoms. The van der Waals surface area contributed by atoms with Crippen LogP contribution in [0.5, 0.6) is 5.75 Å². The molecule has 0 bridgehead atoms. The highest BCUT2D eigenvalue weighted by Crippen LogP contribution is 2.21. The van der Waals surface area contributed by atoms with Crippen LogP contribution < -0.4 is 15.4 Å². The van der Waals surface area contributed by atoms with Gasteiger partial charge in [-0.25, -0.2) is 0 Å². The van der Waals surface area contributed by atoms with Crippen LogP contribution in [-0.2, 0) is 6.54 Å². The summed E-state index contributed by atoms with van der Waals surface area (Å²) in [5, 5.41) is 15.5. The van der Waals surface area contributed by atoms with Crippen molar-refractivity contribution < 1.29 is 4.74 Å². The molecule has 1 unspecified atom stereocenters. The molecule has 5 heteroatoms. The second-order valence-corrected chi connectivity index (χ2v) is 6.12. The molecule has 0 aliphatic rings. The minimum atomic E-state index is 0.449. The lowest BCUT2D eigenvalue weighted by atomic mass is 9.98. The van der Waals surface area contributed by atoms with Gasteiger partial charge in [0.25, 0.3) is 0 Å². The van der Waals surface area contributed by atoms with E-state index in [1.165, 1.54) is 5.56 Å². The first kappa shape index (κ1) is 19.3. The fourth-order valence-electron chi connectivity index (χ4n) is 2.61. The Kier molecular flexibility index (Phi) is 7.50. The van der Waals surface area contributed by atoms with Crippen molar-refractivity contribution >= 4 is 5.96 Å². The summed E-state index contributed by atoms with van der Waals surface area (Å²) in [6.07, 6.45) is 1.00. The Morgan fingerprint density at radius 2 is 1.81 bits per heavy atom. The van der Waals surface area contributed by atoms with E-state index in [2.05, 4.69) is 40.8 Å². The van der Waals surface area contributed by atoms with Gasteiger partial charge in [-0.2, -0.15) is 5.26 Å². The zero-order chi connectivity index (χ0) is 18.8. The average Bonchev–Trinajstić information content (AvgIpc) is 2.70. The van der Waals surface area contributed by atoms with E-state index >= 15 is 0 Å². The predicted octanol–water partition coefficient (Wildman–Crippen LogP) is 3.43. The Labute approximate surface area is 155 Å². The van der Waals surface area contributed by atoms with Crippen molar-refractivity contribution in [3.8, 4) is 11.8 Å². The molecule has 136 valence electrons. The Balaban J connectivity index is 1.76. The first-order chi connectivity index (χ1) is 12.7. The van der Waals surface area contributed by atoms with Crippen molar-refractivity contribution in [2.75, 3.05) is 20.7 Å². The summed E-state index contributed by atoms with van der Waals surface area (Å²) in [6, 6.07) is 17.9. The van der Waals surface area contributed by atoms with Crippen molar-refractivity contribution in [2.24, 2.45) is 4.99 Å². The molecule has 0 aromatic heterocycles. The lowest BCUT2D eigenvalue weighted by molar-refractivity contribution is 0.414. The van der Waals surface area contributed by atoms with Crippen molar-refractivity contribution in [1.82, 2.24) is 10.6 Å². The third-order valence-corrected chi connectivity index (χ3v) is 4.32. The molecule has 26 heavy (non-hydrogen) atoms. The van der Waals surface area contributed by atoms with Gasteiger partial charge in [-0.1, -0.05) is 31.2 Å². The van der Waals surface area contributed by atoms with E-state index in [-0.39, 0.29) is 0 Å². The Morgan fingerprint density at radius 1 is 1.12 bits per heavy atom. The fraction of sp³-hybridized carbons (Fsp3) is 0.333. The first-order valence-electron chi connectivity index (χ1n) is 8.73. The number of nitrogens with one attached hydrogen (secondary N) is 2. The van der Waals surface area contributed by atoms with Crippen LogP contribution in [0.25, 0.3) is 0 Å². The molecule has 0 aliphatic carbocycles. The third kappa shape index (κ3) is 5.82. The smallest absolute Gasteiger partial charge is 0.191 e. The number of rotatable bonds is 7. The van der Waals surface area contributed by atoms with Gasteiger partial charge >= 0.3 is 0 Å². The maximum absolute atomic E-state index is 8.83. The van der Waals surface area contributed by atoms with E-state index in [9.17, 15) is 0 Å². The Hall–Kier alpha value is -3.00. The highest BCUT2D eigenvalue weighted by atomic mass is 16.5. The number of benzene rings is 2. The number of hydrogen-bond donors (Lipinski definition) is 2. The summed E-state index contributed by atoms with van der Waals surface area (Å²) >= 11 is 0. The number of ether oxygens (including phenoxy) is 1. The summed E-state index contributed by atoms with van der Waals surface area (Å²) in [6.45, 7) is 3.72. The van der Waals surface area contributed by atoms with Crippen LogP contribution in [0.15, 0.2) is 53.5 Å². The molecule has 0 fully saturated rings. The molecular formula is C21H26N4O. The molecule has 5 nitrogen and oxygen atoms in total. The van der Waals surface area contributed by atoms with Gasteiger partial charge in [0.05, 0.1) is 18.7 Å². The summed E-state index contributed by atoms with van der Waals surface area (Å²) < 4.78 is 5.20. The molecule has 0 saturated carbocycles. The lowest BCUT2D eigenvalue weighted by Gasteiger charge is -2.15. The molecule has 0 saturated heterocycles. The number of hydrogen-bond acceptors (Lipinski definition) is 3. The molecular weight excluding hydrogens is 324 g/mol. The van der Waals surface area contributed by atoms with Crippen molar-refractivity contribution in [1.29, 1.82) is 5.26 Å². The Morgan fingerprint density at radius 3 is 2.38 bits per heavy atom. The fourth-order valence-corrected chi connectivity index (χ4v) is 2.61. The number of aliphatic imine (C=N–C) groups is 1. The summed E-state index contributed by atoms with van der Waals surface area (Å²) in [5.74, 6) is 2.10. The van der Waals surface area contributed by atoms with Crippen molar-refractivity contribution in [2.45, 2.75) is 25.8 Å². The van der Waals surface area contributed by atoms with Gasteiger partial charge in [0.15, 0.2) is 5.96 Å². The SMILES string of the molecule is CN=C(NCCC(C)c1ccc(OC)cc1)NCc1ccc(C#N)cc1. The van der Waals surface area contributed by atoms with Crippen LogP contribution in [0.1, 0.15) is 36.0 Å². The number of nitriles is 1. The average molecular weight is 350 g/mol. The van der Waals surface area contributed by atoms with Gasteiger partial charge < -0.3 is 15.4 Å². The standard InChI is InChI=1S/C21H26N4O/c1-16(19-8-10-20(26-3)11-9-19)12-13-24-21(23-2)25-15-18-6-4-17(14-22)5-7-18/h4-11,16H,12-13,15H2,1-3H3,(H2,23,24,25). The molecule has 2 aromatic carbocycles. The molecule has 2 rings (SSSR count). The van der Waals surface area contributed by atoms with Crippen LogP contribution in [-0.4, -0.2) is 26.7 Å². The zero-order valence-corrected chi connectivity index (χ0v) is 15.6. The summed E-state index contributed by atoms with van der Waals surface area (Å²) in [4.78, 5) is 4.25. The molecule has 0 radical (unpaired) electrons. The minimum absolute atomic E-state index is 0.449. The molecule has 0 aliphatic heterocycles. The van der Waals surface area contributed by atoms with Gasteiger partial charge in [0, 0.05) is 20.1 Å². The quantitative estimate of drug-likeness (QED) is 0.593. The van der Waals surface area contributed by atoms with E-state index in [0.29, 0.717) is 18.0 Å². The zero-order valence-electron chi connectivity index (χ0n) is 15.6. The highest BCUT2D eigenvalue weighted by Gasteiger charge is 2.06. The van der Waals surface area contributed by atoms with Crippen LogP contribution in [0.4, 0.5) is 0 Å². The lowest BCUT2D eigenvalue weighted by Crippen LogP contribution is -2.37. The normalized spacial score (nSPS) is 12.2. The van der Waals surface area contributed by atoms with Crippen LogP contribution in [0.3, 0.4) is 0 Å². The maximum atomic E-state index is 8.83. The van der Waals surface area contributed by atoms with Crippen LogP contribution >= 0.6 is 0 Å². The van der Waals surface area contributed by atoms with Crippen LogP contribution in [0.2, 0.25) is 0 Å². The monoisotopic (exact) mass is 350 g/mol. The summed E-state index contributed by atoms with van der Waals surface area (Å²) in [7, 11) is 3.44. The van der Waals surface area contributed by atoms with Gasteiger partial charge in [-0.3, -0.25) is 4.99 Å². The number of nitrogens with zero attached hydrogens (tertiary/aromatic N) is 2. The van der Waals surface area contributed by atoms with Gasteiger partial charge in [-0.05, 0) is 47.7 Å². The van der Waals surface area contributed by atoms with E-state index in [0.717, 1.165) is 30.2 Å². The molecule has 0 heterocycles. The summed E-state index contributed by atoms with van der Waals surface area (Å²) in [5.41, 5.74) is 3.08. The van der Waals surface area contributed by atoms with E-state index in [4.69, 9.17) is 10.00 Å². The minimum Gasteiger partial charge on any atom is -0.497 e.